The third-order valence-electron chi connectivity index (χ3n) is 19.2. The van der Waals surface area contributed by atoms with Crippen LogP contribution in [0.1, 0.15) is 107 Å². The second-order valence-corrected chi connectivity index (χ2v) is 29.8. The molecule has 4 saturated heterocycles. The lowest BCUT2D eigenvalue weighted by molar-refractivity contribution is -0.120. The molecular formula is C77H88N8O15S2. The fourth-order valence-corrected chi connectivity index (χ4v) is 16.6. The summed E-state index contributed by atoms with van der Waals surface area (Å²) in [6.45, 7) is 15.4. The van der Waals surface area contributed by atoms with Gasteiger partial charge >= 0.3 is 18.3 Å². The molecule has 6 amide bonds. The number of nitrogen functional groups attached to an aromatic ring is 2. The minimum absolute atomic E-state index is 0.0474. The minimum Gasteiger partial charge on any atom is -0.493 e. The molecule has 4 heterocycles. The maximum Gasteiger partial charge on any atom is 0.412 e. The molecule has 25 heteroatoms. The van der Waals surface area contributed by atoms with Gasteiger partial charge in [0, 0.05) is 73.7 Å². The van der Waals surface area contributed by atoms with Crippen LogP contribution >= 0.6 is 21.6 Å². The minimum atomic E-state index is -0.805. The molecule has 4 atom stereocenters. The van der Waals surface area contributed by atoms with E-state index in [1.165, 1.54) is 40.7 Å². The van der Waals surface area contributed by atoms with Crippen LogP contribution < -0.4 is 41.0 Å². The van der Waals surface area contributed by atoms with E-state index in [-0.39, 0.29) is 124 Å². The van der Waals surface area contributed by atoms with Crippen LogP contribution in [0.25, 0.3) is 22.3 Å². The van der Waals surface area contributed by atoms with Crippen molar-refractivity contribution in [2.24, 2.45) is 0 Å². The van der Waals surface area contributed by atoms with Gasteiger partial charge in [0.1, 0.15) is 19.8 Å². The van der Waals surface area contributed by atoms with E-state index in [0.717, 1.165) is 55.7 Å². The smallest absolute Gasteiger partial charge is 0.412 e. The number of nitrogens with two attached hydrogens (primary N) is 2. The Morgan fingerprint density at radius 2 is 0.990 bits per heavy atom. The Balaban J connectivity index is 0.552. The molecular weight excluding hydrogens is 1340 g/mol. The van der Waals surface area contributed by atoms with E-state index in [1.807, 2.05) is 62.4 Å². The fourth-order valence-electron chi connectivity index (χ4n) is 14.2. The van der Waals surface area contributed by atoms with Crippen LogP contribution in [0.3, 0.4) is 0 Å². The topological polar surface area (TPSA) is 275 Å². The zero-order chi connectivity index (χ0) is 71.6. The first-order valence-corrected chi connectivity index (χ1v) is 36.8. The van der Waals surface area contributed by atoms with Gasteiger partial charge in [-0.3, -0.25) is 24.2 Å². The molecule has 12 rings (SSSR count). The van der Waals surface area contributed by atoms with E-state index in [0.29, 0.717) is 80.6 Å². The molecule has 0 bridgehead atoms. The molecule has 0 saturated carbocycles. The SMILES string of the molecule is C=C1C[C@@H](C2OCCN2C(=O)OCC2c3ccccc3-c3ccccc32)N(C(=O)c2cc(OC)c(OCCCCCOc3cc(N)c(C(=O)N4CC(=C)C[C@H]4C4OCCN4C(=O)OCC(C)(C)SSCCC(=O)NCCNC(=O)OCC4c5ccccc5-c5ccccc54)cc3OC)cc2N)C1. The number of carbonyl (C=O) groups excluding carboxylic acids is 6. The summed E-state index contributed by atoms with van der Waals surface area (Å²) in [5.74, 6) is 0.812. The first-order valence-electron chi connectivity index (χ1n) is 34.5. The number of alkyl carbamates (subject to hydrolysis) is 1. The van der Waals surface area contributed by atoms with Crippen LogP contribution in [0.2, 0.25) is 0 Å². The molecule has 2 aliphatic carbocycles. The van der Waals surface area contributed by atoms with Crippen LogP contribution in [0.15, 0.2) is 146 Å². The van der Waals surface area contributed by atoms with E-state index < -0.39 is 47.6 Å². The van der Waals surface area contributed by atoms with Gasteiger partial charge in [-0.25, -0.2) is 14.4 Å². The van der Waals surface area contributed by atoms with Crippen LogP contribution in [-0.4, -0.2) is 190 Å². The third kappa shape index (κ3) is 16.2. The zero-order valence-corrected chi connectivity index (χ0v) is 59.6. The van der Waals surface area contributed by atoms with Gasteiger partial charge in [-0.2, -0.15) is 0 Å². The summed E-state index contributed by atoms with van der Waals surface area (Å²) < 4.78 is 53.1. The van der Waals surface area contributed by atoms with E-state index in [2.05, 4.69) is 72.3 Å². The maximum atomic E-state index is 14.5. The Morgan fingerprint density at radius 3 is 1.45 bits per heavy atom. The van der Waals surface area contributed by atoms with Gasteiger partial charge in [0.2, 0.25) is 5.91 Å². The largest absolute Gasteiger partial charge is 0.493 e. The highest BCUT2D eigenvalue weighted by Crippen LogP contribution is 2.47. The van der Waals surface area contributed by atoms with Crippen LogP contribution in [0.4, 0.5) is 25.8 Å². The standard InChI is InChI=1S/C77H88N8O15S2/c1-47-36-63(72-82(29-33-96-72)75(90)99-45-60-55-24-14-10-20-51(55)52-21-11-15-25-56(52)60)84(42-47)70(87)57-38-65(92-5)67(40-61(57)78)94-31-16-7-17-32-95-68-41-62(79)58(39-66(68)93-6)71(88)85-43-48(2)37-64(85)73-83(30-34-97-73)76(91)100-46-77(3,4)102-101-35-26-69(86)80-27-28-81-74(89)98-44-59-53-22-12-8-18-49(53)50-19-9-13-23-54(50)59/h8-15,18-25,38-41,59-60,63-64,72-73H,1-2,7,16-17,26-37,42-46,78-79H2,3-6H3,(H,80,86)(H,81,89)/t63-,64-,72?,73?/m0/s1. The molecule has 23 nitrogen and oxygen atoms in total. The number of rotatable bonds is 28. The second kappa shape index (κ2) is 32.6. The fraction of sp³-hybridized carbons (Fsp3) is 0.403. The van der Waals surface area contributed by atoms with Gasteiger partial charge in [0.15, 0.2) is 35.5 Å². The van der Waals surface area contributed by atoms with E-state index >= 15 is 0 Å². The molecule has 0 radical (unpaired) electrons. The van der Waals surface area contributed by atoms with E-state index in [9.17, 15) is 28.8 Å². The number of fused-ring (bicyclic) bond motifs is 6. The van der Waals surface area contributed by atoms with Crippen molar-refractivity contribution in [2.45, 2.75) is 93.5 Å². The monoisotopic (exact) mass is 1430 g/mol. The van der Waals surface area contributed by atoms with Crippen molar-refractivity contribution in [3.8, 4) is 45.3 Å². The predicted molar refractivity (Wildman–Crippen MR) is 391 cm³/mol. The van der Waals surface area contributed by atoms with Gasteiger partial charge in [-0.1, -0.05) is 143 Å². The van der Waals surface area contributed by atoms with Crippen molar-refractivity contribution in [3.05, 3.63) is 179 Å². The average Bonchev–Trinajstić information content (AvgIpc) is 1.61. The third-order valence-corrected chi connectivity index (χ3v) is 22.4. The number of amides is 6. The molecule has 0 spiro atoms. The number of hydrogen-bond acceptors (Lipinski definition) is 19. The molecule has 6 aromatic carbocycles. The molecule has 102 heavy (non-hydrogen) atoms. The van der Waals surface area contributed by atoms with Crippen molar-refractivity contribution in [1.29, 1.82) is 0 Å². The highest BCUT2D eigenvalue weighted by Gasteiger charge is 2.47. The quantitative estimate of drug-likeness (QED) is 0.0117. The van der Waals surface area contributed by atoms with E-state index in [4.69, 9.17) is 54.1 Å². The summed E-state index contributed by atoms with van der Waals surface area (Å²) in [5.41, 5.74) is 24.7. The van der Waals surface area contributed by atoms with Crippen LogP contribution in [0, 0.1) is 0 Å². The van der Waals surface area contributed by atoms with Crippen molar-refractivity contribution in [2.75, 3.05) is 117 Å². The molecule has 6 N–H and O–H groups in total. The summed E-state index contributed by atoms with van der Waals surface area (Å²) in [6.07, 6.45) is -0.151. The number of carbonyl (C=O) groups is 6. The summed E-state index contributed by atoms with van der Waals surface area (Å²) in [7, 11) is 5.97. The number of hydrogen-bond donors (Lipinski definition) is 4. The van der Waals surface area contributed by atoms with Crippen LogP contribution in [-0.2, 0) is 28.5 Å². The van der Waals surface area contributed by atoms with Crippen molar-refractivity contribution in [1.82, 2.24) is 30.2 Å². The molecule has 538 valence electrons. The summed E-state index contributed by atoms with van der Waals surface area (Å²) in [4.78, 5) is 88.2. The van der Waals surface area contributed by atoms with Crippen molar-refractivity contribution in [3.63, 3.8) is 0 Å². The summed E-state index contributed by atoms with van der Waals surface area (Å²) in [5, 5.41) is 5.57. The summed E-state index contributed by atoms with van der Waals surface area (Å²) in [6, 6.07) is 37.8. The number of ether oxygens (including phenoxy) is 9. The van der Waals surface area contributed by atoms with Gasteiger partial charge in [-0.05, 0) is 103 Å². The first-order chi connectivity index (χ1) is 49.4. The van der Waals surface area contributed by atoms with E-state index in [1.54, 1.807) is 39.0 Å². The predicted octanol–water partition coefficient (Wildman–Crippen LogP) is 11.6. The second-order valence-electron chi connectivity index (χ2n) is 26.6. The molecule has 6 aromatic rings. The Morgan fingerprint density at radius 1 is 0.559 bits per heavy atom. The van der Waals surface area contributed by atoms with Gasteiger partial charge in [0.05, 0.1) is 81.7 Å². The Hall–Kier alpha value is -9.56. The molecule has 6 aliphatic rings. The normalized spacial score (nSPS) is 18.4. The number of benzene rings is 6. The Bertz CT molecular complexity index is 4040. The number of unbranched alkanes of at least 4 members (excludes halogenated alkanes) is 2. The Kier molecular flexibility index (Phi) is 23.1. The molecule has 4 aliphatic heterocycles. The van der Waals surface area contributed by atoms with Gasteiger partial charge in [-0.15, -0.1) is 0 Å². The Labute approximate surface area is 602 Å². The number of likely N-dealkylation sites (tertiary alicyclic amines) is 2. The average molecular weight is 1430 g/mol. The number of nitrogens with one attached hydrogen (secondary N) is 2. The molecule has 4 fully saturated rings. The molecule has 0 aromatic heterocycles. The summed E-state index contributed by atoms with van der Waals surface area (Å²) >= 11 is 0. The number of anilines is 2. The highest BCUT2D eigenvalue weighted by molar-refractivity contribution is 8.77. The lowest BCUT2D eigenvalue weighted by atomic mass is 9.98. The molecule has 2 unspecified atom stereocenters. The lowest BCUT2D eigenvalue weighted by Gasteiger charge is -2.33. The maximum absolute atomic E-state index is 14.5. The van der Waals surface area contributed by atoms with Crippen molar-refractivity contribution < 1.29 is 71.4 Å². The zero-order valence-electron chi connectivity index (χ0n) is 58.0. The highest BCUT2D eigenvalue weighted by atomic mass is 33.1. The number of nitrogens with zero attached hydrogens (tertiary/aromatic N) is 4. The van der Waals surface area contributed by atoms with Crippen molar-refractivity contribution >= 4 is 69.0 Å². The van der Waals surface area contributed by atoms with Gasteiger partial charge in [0.25, 0.3) is 11.8 Å². The van der Waals surface area contributed by atoms with Gasteiger partial charge < -0.3 is 74.5 Å². The first kappa shape index (κ1) is 72.2. The van der Waals surface area contributed by atoms with Crippen LogP contribution in [0.5, 0.6) is 23.0 Å². The number of methoxy groups -OCH3 is 2. The lowest BCUT2D eigenvalue weighted by Crippen LogP contribution is -2.51.